The molecule has 2 fully saturated rings. The zero-order chi connectivity index (χ0) is 23.3. The number of carbonyl (C=O) groups excluding carboxylic acids is 1. The van der Waals surface area contributed by atoms with Crippen LogP contribution in [0.2, 0.25) is 0 Å². The first-order valence-corrected chi connectivity index (χ1v) is 10.8. The Morgan fingerprint density at radius 1 is 1.15 bits per heavy atom. The van der Waals surface area contributed by atoms with Crippen molar-refractivity contribution in [3.63, 3.8) is 0 Å². The number of benzene rings is 1. The SMILES string of the molecule is CN1CC[C@]2(CC[C@H](c3cc(-c4ccc(C(F)(F)F)cc4)c(OC(C)(C)C)cn3)N2)C1=O.Cl. The Bertz CT molecular complexity index is 1020. The highest BCUT2D eigenvalue weighted by Crippen LogP contribution is 2.41. The molecule has 2 saturated heterocycles. The van der Waals surface area contributed by atoms with Crippen LogP contribution in [0.1, 0.15) is 57.3 Å². The van der Waals surface area contributed by atoms with Crippen LogP contribution in [0.15, 0.2) is 36.5 Å². The lowest BCUT2D eigenvalue weighted by Crippen LogP contribution is -2.47. The first kappa shape index (κ1) is 25.3. The van der Waals surface area contributed by atoms with Gasteiger partial charge in [-0.05, 0) is 63.8 Å². The monoisotopic (exact) mass is 483 g/mol. The number of likely N-dealkylation sites (N-methyl/N-ethyl adjacent to an activating group) is 1. The molecule has 2 aliphatic rings. The van der Waals surface area contributed by atoms with Crippen LogP contribution in [-0.4, -0.2) is 40.5 Å². The minimum Gasteiger partial charge on any atom is -0.486 e. The van der Waals surface area contributed by atoms with Crippen molar-refractivity contribution in [1.29, 1.82) is 0 Å². The van der Waals surface area contributed by atoms with Crippen molar-refractivity contribution < 1.29 is 22.7 Å². The van der Waals surface area contributed by atoms with Gasteiger partial charge in [0.15, 0.2) is 0 Å². The van der Waals surface area contributed by atoms with Crippen molar-refractivity contribution in [2.75, 3.05) is 13.6 Å². The van der Waals surface area contributed by atoms with Gasteiger partial charge in [-0.3, -0.25) is 15.1 Å². The molecule has 9 heteroatoms. The smallest absolute Gasteiger partial charge is 0.416 e. The van der Waals surface area contributed by atoms with Crippen molar-refractivity contribution in [2.45, 2.75) is 63.4 Å². The van der Waals surface area contributed by atoms with Gasteiger partial charge in [0.05, 0.1) is 23.5 Å². The molecule has 0 unspecified atom stereocenters. The van der Waals surface area contributed by atoms with E-state index in [2.05, 4.69) is 10.3 Å². The van der Waals surface area contributed by atoms with Crippen LogP contribution in [0.3, 0.4) is 0 Å². The molecule has 1 spiro atoms. The second-order valence-corrected chi connectivity index (χ2v) is 9.69. The molecule has 1 aromatic carbocycles. The molecule has 0 aliphatic carbocycles. The van der Waals surface area contributed by atoms with Crippen LogP contribution in [-0.2, 0) is 11.0 Å². The predicted octanol–water partition coefficient (Wildman–Crippen LogP) is 5.39. The summed E-state index contributed by atoms with van der Waals surface area (Å²) in [7, 11) is 1.81. The summed E-state index contributed by atoms with van der Waals surface area (Å²) in [5.41, 5.74) is 0.301. The molecule has 1 aromatic heterocycles. The number of rotatable bonds is 3. The van der Waals surface area contributed by atoms with E-state index in [1.54, 1.807) is 11.1 Å². The third-order valence-electron chi connectivity index (χ3n) is 6.13. The Morgan fingerprint density at radius 2 is 1.82 bits per heavy atom. The number of halogens is 4. The summed E-state index contributed by atoms with van der Waals surface area (Å²) in [5.74, 6) is 0.612. The third-order valence-corrected chi connectivity index (χ3v) is 6.13. The second kappa shape index (κ2) is 8.80. The average Bonchev–Trinajstić information content (AvgIpc) is 3.26. The molecule has 4 rings (SSSR count). The fraction of sp³-hybridized carbons (Fsp3) is 0.500. The van der Waals surface area contributed by atoms with E-state index in [9.17, 15) is 18.0 Å². The van der Waals surface area contributed by atoms with Gasteiger partial charge in [-0.15, -0.1) is 12.4 Å². The third kappa shape index (κ3) is 5.11. The highest BCUT2D eigenvalue weighted by Gasteiger charge is 2.50. The van der Waals surface area contributed by atoms with E-state index in [0.717, 1.165) is 43.6 Å². The molecule has 1 N–H and O–H groups in total. The van der Waals surface area contributed by atoms with Crippen LogP contribution in [0.4, 0.5) is 13.2 Å². The van der Waals surface area contributed by atoms with Gasteiger partial charge < -0.3 is 9.64 Å². The second-order valence-electron chi connectivity index (χ2n) is 9.69. The van der Waals surface area contributed by atoms with Gasteiger partial charge in [0.25, 0.3) is 0 Å². The number of nitrogens with zero attached hydrogens (tertiary/aromatic N) is 2. The van der Waals surface area contributed by atoms with Gasteiger partial charge >= 0.3 is 6.18 Å². The number of nitrogens with one attached hydrogen (secondary N) is 1. The molecular formula is C24H29ClF3N3O2. The summed E-state index contributed by atoms with van der Waals surface area (Å²) < 4.78 is 45.1. The van der Waals surface area contributed by atoms with E-state index in [1.165, 1.54) is 12.1 Å². The van der Waals surface area contributed by atoms with E-state index in [1.807, 2.05) is 33.9 Å². The number of pyridine rings is 1. The van der Waals surface area contributed by atoms with Crippen molar-refractivity contribution in [3.8, 4) is 16.9 Å². The molecule has 0 saturated carbocycles. The van der Waals surface area contributed by atoms with Crippen LogP contribution >= 0.6 is 12.4 Å². The standard InChI is InChI=1S/C24H28F3N3O2.ClH/c1-22(2,3)32-20-14-28-19(18-9-10-23(29-18)11-12-30(4)21(23)31)13-17(20)15-5-7-16(8-6-15)24(25,26)27;/h5-8,13-14,18,29H,9-12H2,1-4H3;1H/t18-,23-;/m1./s1. The van der Waals surface area contributed by atoms with Crippen LogP contribution < -0.4 is 10.1 Å². The number of carbonyl (C=O) groups is 1. The molecule has 5 nitrogen and oxygen atoms in total. The Morgan fingerprint density at radius 3 is 2.36 bits per heavy atom. The van der Waals surface area contributed by atoms with Gasteiger partial charge in [-0.25, -0.2) is 0 Å². The predicted molar refractivity (Wildman–Crippen MR) is 122 cm³/mol. The van der Waals surface area contributed by atoms with Crippen LogP contribution in [0.5, 0.6) is 5.75 Å². The molecule has 1 amide bonds. The minimum atomic E-state index is -4.39. The summed E-state index contributed by atoms with van der Waals surface area (Å²) in [6.45, 7) is 6.44. The van der Waals surface area contributed by atoms with Crippen molar-refractivity contribution in [1.82, 2.24) is 15.2 Å². The lowest BCUT2D eigenvalue weighted by Gasteiger charge is -2.25. The Balaban J connectivity index is 0.00000306. The maximum Gasteiger partial charge on any atom is 0.416 e. The number of likely N-dealkylation sites (tertiary alicyclic amines) is 1. The van der Waals surface area contributed by atoms with Crippen molar-refractivity contribution in [3.05, 3.63) is 47.8 Å². The maximum atomic E-state index is 13.0. The summed E-state index contributed by atoms with van der Waals surface area (Å²) in [4.78, 5) is 19.0. The summed E-state index contributed by atoms with van der Waals surface area (Å²) in [6, 6.07) is 6.82. The maximum absolute atomic E-state index is 13.0. The molecule has 3 heterocycles. The van der Waals surface area contributed by atoms with Crippen molar-refractivity contribution in [2.24, 2.45) is 0 Å². The van der Waals surface area contributed by atoms with Gasteiger partial charge in [0.1, 0.15) is 16.9 Å². The van der Waals surface area contributed by atoms with Gasteiger partial charge in [-0.1, -0.05) is 12.1 Å². The number of alkyl halides is 3. The summed E-state index contributed by atoms with van der Waals surface area (Å²) in [5, 5.41) is 3.49. The molecule has 0 radical (unpaired) electrons. The number of hydrogen-bond donors (Lipinski definition) is 1. The van der Waals surface area contributed by atoms with Gasteiger partial charge in [-0.2, -0.15) is 13.2 Å². The van der Waals surface area contributed by atoms with Gasteiger partial charge in [0.2, 0.25) is 5.91 Å². The quantitative estimate of drug-likeness (QED) is 0.635. The van der Waals surface area contributed by atoms with E-state index in [0.29, 0.717) is 16.9 Å². The van der Waals surface area contributed by atoms with Gasteiger partial charge in [0, 0.05) is 19.2 Å². The highest BCUT2D eigenvalue weighted by atomic mass is 35.5. The topological polar surface area (TPSA) is 54.5 Å². The van der Waals surface area contributed by atoms with E-state index >= 15 is 0 Å². The van der Waals surface area contributed by atoms with Crippen molar-refractivity contribution >= 4 is 18.3 Å². The highest BCUT2D eigenvalue weighted by molar-refractivity contribution is 5.88. The number of amides is 1. The molecule has 33 heavy (non-hydrogen) atoms. The molecule has 2 atom stereocenters. The number of ether oxygens (including phenoxy) is 1. The molecule has 0 bridgehead atoms. The Labute approximate surface area is 198 Å². The lowest BCUT2D eigenvalue weighted by atomic mass is 9.96. The summed E-state index contributed by atoms with van der Waals surface area (Å²) in [6.07, 6.45) is -0.509. The Kier molecular flexibility index (Phi) is 6.75. The average molecular weight is 484 g/mol. The number of aromatic nitrogens is 1. The summed E-state index contributed by atoms with van der Waals surface area (Å²) >= 11 is 0. The fourth-order valence-electron chi connectivity index (χ4n) is 4.51. The first-order chi connectivity index (χ1) is 14.9. The Hall–Kier alpha value is -2.32. The molecule has 180 valence electrons. The molecule has 2 aromatic rings. The van der Waals surface area contributed by atoms with Crippen LogP contribution in [0, 0.1) is 0 Å². The number of hydrogen-bond acceptors (Lipinski definition) is 4. The van der Waals surface area contributed by atoms with E-state index < -0.39 is 22.9 Å². The van der Waals surface area contributed by atoms with E-state index in [4.69, 9.17) is 4.74 Å². The fourth-order valence-corrected chi connectivity index (χ4v) is 4.51. The van der Waals surface area contributed by atoms with E-state index in [-0.39, 0.29) is 24.4 Å². The zero-order valence-corrected chi connectivity index (χ0v) is 19.9. The van der Waals surface area contributed by atoms with Crippen LogP contribution in [0.25, 0.3) is 11.1 Å². The first-order valence-electron chi connectivity index (χ1n) is 10.8. The zero-order valence-electron chi connectivity index (χ0n) is 19.1. The minimum absolute atomic E-state index is 0. The normalized spacial score (nSPS) is 23.2. The molecule has 2 aliphatic heterocycles. The molecular weight excluding hydrogens is 455 g/mol. The lowest BCUT2D eigenvalue weighted by molar-refractivity contribution is -0.137. The largest absolute Gasteiger partial charge is 0.486 e.